The highest BCUT2D eigenvalue weighted by molar-refractivity contribution is 5.94. The highest BCUT2D eigenvalue weighted by Crippen LogP contribution is 2.04. The average Bonchev–Trinajstić information content (AvgIpc) is 2.99. The molecule has 7 heteroatoms. The van der Waals surface area contributed by atoms with Crippen LogP contribution in [-0.4, -0.2) is 42.7 Å². The summed E-state index contributed by atoms with van der Waals surface area (Å²) in [6.45, 7) is 4.01. The summed E-state index contributed by atoms with van der Waals surface area (Å²) < 4.78 is 4.77. The van der Waals surface area contributed by atoms with Crippen molar-refractivity contribution in [2.75, 3.05) is 19.7 Å². The van der Waals surface area contributed by atoms with Crippen LogP contribution in [0.4, 0.5) is 4.79 Å². The molecule has 21 heavy (non-hydrogen) atoms. The molecule has 0 aromatic carbocycles. The number of carbonyl (C=O) groups excluding carboxylic acids is 2. The van der Waals surface area contributed by atoms with Crippen molar-refractivity contribution in [1.29, 1.82) is 0 Å². The maximum atomic E-state index is 12.1. The maximum absolute atomic E-state index is 12.1. The molecule has 1 aliphatic heterocycles. The van der Waals surface area contributed by atoms with E-state index in [1.54, 1.807) is 25.3 Å². The molecule has 2 heterocycles. The lowest BCUT2D eigenvalue weighted by atomic mass is 10.2. The van der Waals surface area contributed by atoms with E-state index < -0.39 is 6.09 Å². The van der Waals surface area contributed by atoms with Crippen molar-refractivity contribution >= 4 is 12.0 Å². The Morgan fingerprint density at radius 3 is 3.10 bits per heavy atom. The first-order valence-electron chi connectivity index (χ1n) is 7.06. The van der Waals surface area contributed by atoms with Crippen LogP contribution in [0.5, 0.6) is 0 Å². The number of nitrogens with one attached hydrogen (secondary N) is 3. The molecule has 1 aromatic heterocycles. The fourth-order valence-corrected chi connectivity index (χ4v) is 2.11. The van der Waals surface area contributed by atoms with E-state index in [1.165, 1.54) is 0 Å². The van der Waals surface area contributed by atoms with Crippen LogP contribution in [0.1, 0.15) is 29.4 Å². The van der Waals surface area contributed by atoms with Crippen LogP contribution in [0, 0.1) is 0 Å². The van der Waals surface area contributed by atoms with E-state index in [1.807, 2.05) is 0 Å². The summed E-state index contributed by atoms with van der Waals surface area (Å²) in [5.41, 5.74) is 1.15. The molecule has 1 aromatic rings. The summed E-state index contributed by atoms with van der Waals surface area (Å²) in [6.07, 6.45) is 2.00. The van der Waals surface area contributed by atoms with Crippen LogP contribution in [0.2, 0.25) is 0 Å². The van der Waals surface area contributed by atoms with Gasteiger partial charge in [0.05, 0.1) is 18.8 Å². The van der Waals surface area contributed by atoms with Crippen molar-refractivity contribution in [2.24, 2.45) is 0 Å². The Morgan fingerprint density at radius 2 is 2.38 bits per heavy atom. The highest BCUT2D eigenvalue weighted by Gasteiger charge is 2.17. The molecule has 0 radical (unpaired) electrons. The normalized spacial score (nSPS) is 17.3. The Hall–Kier alpha value is -2.15. The quantitative estimate of drug-likeness (QED) is 0.731. The third-order valence-corrected chi connectivity index (χ3v) is 3.16. The van der Waals surface area contributed by atoms with E-state index in [0.29, 0.717) is 17.9 Å². The minimum Gasteiger partial charge on any atom is -0.450 e. The van der Waals surface area contributed by atoms with Gasteiger partial charge in [0.2, 0.25) is 0 Å². The Morgan fingerprint density at radius 1 is 1.52 bits per heavy atom. The monoisotopic (exact) mass is 292 g/mol. The number of carbonyl (C=O) groups is 2. The third-order valence-electron chi connectivity index (χ3n) is 3.16. The number of alkyl carbamates (subject to hydrolysis) is 1. The lowest BCUT2D eigenvalue weighted by molar-refractivity contribution is 0.0940. The lowest BCUT2D eigenvalue weighted by Crippen LogP contribution is -2.36. The first-order valence-corrected chi connectivity index (χ1v) is 7.06. The minimum atomic E-state index is -0.494. The molecular formula is C14H20N4O3. The second kappa shape index (κ2) is 7.58. The maximum Gasteiger partial charge on any atom is 0.407 e. The molecule has 3 N–H and O–H groups in total. The van der Waals surface area contributed by atoms with Gasteiger partial charge in [0.1, 0.15) is 0 Å². The number of rotatable bonds is 5. The van der Waals surface area contributed by atoms with Crippen molar-refractivity contribution in [1.82, 2.24) is 20.9 Å². The van der Waals surface area contributed by atoms with Crippen LogP contribution in [-0.2, 0) is 11.3 Å². The molecule has 1 unspecified atom stereocenters. The number of hydrogen-bond acceptors (Lipinski definition) is 5. The first-order chi connectivity index (χ1) is 10.2. The lowest BCUT2D eigenvalue weighted by Gasteiger charge is -2.11. The second-order valence-corrected chi connectivity index (χ2v) is 4.77. The van der Waals surface area contributed by atoms with Gasteiger partial charge in [-0.2, -0.15) is 0 Å². The highest BCUT2D eigenvalue weighted by atomic mass is 16.5. The van der Waals surface area contributed by atoms with E-state index in [2.05, 4.69) is 20.9 Å². The van der Waals surface area contributed by atoms with Crippen molar-refractivity contribution < 1.29 is 14.3 Å². The topological polar surface area (TPSA) is 92.3 Å². The van der Waals surface area contributed by atoms with Crippen LogP contribution < -0.4 is 16.0 Å². The van der Waals surface area contributed by atoms with Gasteiger partial charge in [-0.3, -0.25) is 9.78 Å². The third kappa shape index (κ3) is 4.71. The van der Waals surface area contributed by atoms with E-state index >= 15 is 0 Å². The molecule has 2 amide bonds. The van der Waals surface area contributed by atoms with Crippen LogP contribution in [0.3, 0.4) is 0 Å². The van der Waals surface area contributed by atoms with Crippen LogP contribution in [0.25, 0.3) is 0 Å². The fourth-order valence-electron chi connectivity index (χ4n) is 2.11. The fraction of sp³-hybridized carbons (Fsp3) is 0.500. The summed E-state index contributed by atoms with van der Waals surface area (Å²) in [6, 6.07) is 3.50. The molecule has 1 atom stereocenters. The summed E-state index contributed by atoms with van der Waals surface area (Å²) in [7, 11) is 0. The van der Waals surface area contributed by atoms with E-state index in [4.69, 9.17) is 4.74 Å². The number of aromatic nitrogens is 1. The van der Waals surface area contributed by atoms with Gasteiger partial charge in [0, 0.05) is 24.3 Å². The molecular weight excluding hydrogens is 272 g/mol. The Balaban J connectivity index is 1.90. The number of pyridine rings is 1. The Bertz CT molecular complexity index is 501. The zero-order valence-electron chi connectivity index (χ0n) is 12.0. The van der Waals surface area contributed by atoms with Gasteiger partial charge in [-0.15, -0.1) is 0 Å². The molecule has 1 saturated heterocycles. The predicted molar refractivity (Wildman–Crippen MR) is 76.8 cm³/mol. The van der Waals surface area contributed by atoms with Crippen molar-refractivity contribution in [3.8, 4) is 0 Å². The predicted octanol–water partition coefficient (Wildman–Crippen LogP) is 0.419. The molecule has 114 valence electrons. The second-order valence-electron chi connectivity index (χ2n) is 4.77. The molecule has 1 aliphatic rings. The summed E-state index contributed by atoms with van der Waals surface area (Å²) >= 11 is 0. The molecule has 0 spiro atoms. The van der Waals surface area contributed by atoms with Gasteiger partial charge in [0.15, 0.2) is 0 Å². The van der Waals surface area contributed by atoms with Gasteiger partial charge in [-0.25, -0.2) is 4.79 Å². The molecule has 0 saturated carbocycles. The Kier molecular flexibility index (Phi) is 5.51. The standard InChI is InChI=1S/C14H20N4O3/c1-2-21-14(20)17-9-12-7-10(3-6-16-12)13(19)18-11-4-5-15-8-11/h3,6-7,11,15H,2,4-5,8-9H2,1H3,(H,17,20)(H,18,19). The molecule has 0 aliphatic carbocycles. The van der Waals surface area contributed by atoms with Crippen molar-refractivity contribution in [3.63, 3.8) is 0 Å². The molecule has 0 bridgehead atoms. The SMILES string of the molecule is CCOC(=O)NCc1cc(C(=O)NC2CCNC2)ccn1. The molecule has 7 nitrogen and oxygen atoms in total. The van der Waals surface area contributed by atoms with Crippen LogP contribution in [0.15, 0.2) is 18.3 Å². The summed E-state index contributed by atoms with van der Waals surface area (Å²) in [5, 5.41) is 8.74. The summed E-state index contributed by atoms with van der Waals surface area (Å²) in [5.74, 6) is -0.122. The largest absolute Gasteiger partial charge is 0.450 e. The van der Waals surface area contributed by atoms with Crippen LogP contribution >= 0.6 is 0 Å². The van der Waals surface area contributed by atoms with Crippen molar-refractivity contribution in [2.45, 2.75) is 25.9 Å². The number of amides is 2. The number of hydrogen-bond donors (Lipinski definition) is 3. The Labute approximate surface area is 123 Å². The van der Waals surface area contributed by atoms with Gasteiger partial charge >= 0.3 is 6.09 Å². The van der Waals surface area contributed by atoms with Gasteiger partial charge in [-0.1, -0.05) is 0 Å². The minimum absolute atomic E-state index is 0.122. The first kappa shape index (κ1) is 15.2. The summed E-state index contributed by atoms with van der Waals surface area (Å²) in [4.78, 5) is 27.5. The van der Waals surface area contributed by atoms with Gasteiger partial charge < -0.3 is 20.7 Å². The van der Waals surface area contributed by atoms with Gasteiger partial charge in [0.25, 0.3) is 5.91 Å². The number of nitrogens with zero attached hydrogens (tertiary/aromatic N) is 1. The van der Waals surface area contributed by atoms with Gasteiger partial charge in [-0.05, 0) is 32.0 Å². The van der Waals surface area contributed by atoms with Crippen molar-refractivity contribution in [3.05, 3.63) is 29.6 Å². The number of ether oxygens (including phenoxy) is 1. The van der Waals surface area contributed by atoms with E-state index in [-0.39, 0.29) is 18.5 Å². The van der Waals surface area contributed by atoms with E-state index in [0.717, 1.165) is 19.5 Å². The van der Waals surface area contributed by atoms with E-state index in [9.17, 15) is 9.59 Å². The molecule has 2 rings (SSSR count). The smallest absolute Gasteiger partial charge is 0.407 e. The zero-order valence-corrected chi connectivity index (χ0v) is 12.0. The average molecular weight is 292 g/mol. The zero-order chi connectivity index (χ0) is 15.1. The molecule has 1 fully saturated rings.